The van der Waals surface area contributed by atoms with Crippen LogP contribution in [-0.2, 0) is 0 Å². The van der Waals surface area contributed by atoms with Gasteiger partial charge in [-0.2, -0.15) is 0 Å². The molecule has 3 heteroatoms. The van der Waals surface area contributed by atoms with Crippen molar-refractivity contribution in [2.75, 3.05) is 45.8 Å². The number of hydrogen-bond donors (Lipinski definition) is 2. The molecule has 0 aliphatic carbocycles. The van der Waals surface area contributed by atoms with Gasteiger partial charge < -0.3 is 15.5 Å². The van der Waals surface area contributed by atoms with Crippen LogP contribution in [0.1, 0.15) is 19.3 Å². The van der Waals surface area contributed by atoms with Crippen LogP contribution in [0.25, 0.3) is 0 Å². The van der Waals surface area contributed by atoms with Crippen LogP contribution in [0.15, 0.2) is 0 Å². The highest BCUT2D eigenvalue weighted by molar-refractivity contribution is 4.74. The molecule has 3 nitrogen and oxygen atoms in total. The lowest BCUT2D eigenvalue weighted by Crippen LogP contribution is -2.45. The second-order valence-electron chi connectivity index (χ2n) is 4.60. The molecule has 0 bridgehead atoms. The molecule has 0 spiro atoms. The van der Waals surface area contributed by atoms with E-state index in [1.165, 1.54) is 65.1 Å². The molecule has 0 radical (unpaired) electrons. The van der Waals surface area contributed by atoms with Gasteiger partial charge in [0, 0.05) is 32.7 Å². The summed E-state index contributed by atoms with van der Waals surface area (Å²) < 4.78 is 0. The molecule has 2 saturated heterocycles. The molecule has 2 rings (SSSR count). The Bertz CT molecular complexity index is 147. The van der Waals surface area contributed by atoms with Crippen molar-refractivity contribution in [3.8, 4) is 0 Å². The third kappa shape index (κ3) is 3.23. The predicted octanol–water partition coefficient (Wildman–Crippen LogP) is 0.281. The Balaban J connectivity index is 1.71. The molecule has 1 atom stereocenters. The molecule has 2 aliphatic rings. The second kappa shape index (κ2) is 5.69. The van der Waals surface area contributed by atoms with Gasteiger partial charge in [0.1, 0.15) is 0 Å². The molecular formula is C11H23N3. The summed E-state index contributed by atoms with van der Waals surface area (Å²) >= 11 is 0. The highest BCUT2D eigenvalue weighted by Gasteiger charge is 2.17. The third-order valence-electron chi connectivity index (χ3n) is 3.42. The van der Waals surface area contributed by atoms with Crippen molar-refractivity contribution in [1.82, 2.24) is 15.5 Å². The van der Waals surface area contributed by atoms with E-state index in [1.807, 2.05) is 0 Å². The van der Waals surface area contributed by atoms with Gasteiger partial charge in [0.2, 0.25) is 0 Å². The van der Waals surface area contributed by atoms with Gasteiger partial charge in [-0.15, -0.1) is 0 Å². The first-order chi connectivity index (χ1) is 6.95. The lowest BCUT2D eigenvalue weighted by molar-refractivity contribution is 0.198. The summed E-state index contributed by atoms with van der Waals surface area (Å²) in [7, 11) is 0. The van der Waals surface area contributed by atoms with Crippen LogP contribution in [0.4, 0.5) is 0 Å². The standard InChI is InChI=1S/C11H23N3/c1-2-11(3-5-12-4-1)10-14-8-6-13-7-9-14/h11-13H,1-10H2. The Morgan fingerprint density at radius 1 is 0.929 bits per heavy atom. The minimum Gasteiger partial charge on any atom is -0.317 e. The smallest absolute Gasteiger partial charge is 0.0107 e. The Labute approximate surface area is 87.2 Å². The molecule has 0 amide bonds. The summed E-state index contributed by atoms with van der Waals surface area (Å²) in [5.74, 6) is 0.947. The fraction of sp³-hybridized carbons (Fsp3) is 1.00. The monoisotopic (exact) mass is 197 g/mol. The number of piperazine rings is 1. The highest BCUT2D eigenvalue weighted by Crippen LogP contribution is 2.15. The molecule has 2 N–H and O–H groups in total. The summed E-state index contributed by atoms with van der Waals surface area (Å²) in [5.41, 5.74) is 0. The van der Waals surface area contributed by atoms with Gasteiger partial charge in [-0.05, 0) is 38.3 Å². The Kier molecular flexibility index (Phi) is 4.22. The van der Waals surface area contributed by atoms with E-state index in [4.69, 9.17) is 0 Å². The summed E-state index contributed by atoms with van der Waals surface area (Å²) in [6.45, 7) is 8.68. The van der Waals surface area contributed by atoms with Crippen molar-refractivity contribution in [2.45, 2.75) is 19.3 Å². The number of nitrogens with zero attached hydrogens (tertiary/aromatic N) is 1. The number of rotatable bonds is 2. The number of nitrogens with one attached hydrogen (secondary N) is 2. The van der Waals surface area contributed by atoms with E-state index in [0.717, 1.165) is 5.92 Å². The van der Waals surface area contributed by atoms with E-state index in [2.05, 4.69) is 15.5 Å². The van der Waals surface area contributed by atoms with Crippen molar-refractivity contribution in [3.63, 3.8) is 0 Å². The fourth-order valence-corrected chi connectivity index (χ4v) is 2.53. The zero-order valence-corrected chi connectivity index (χ0v) is 9.10. The topological polar surface area (TPSA) is 27.3 Å². The molecule has 82 valence electrons. The van der Waals surface area contributed by atoms with Gasteiger partial charge in [0.15, 0.2) is 0 Å². The largest absolute Gasteiger partial charge is 0.317 e. The summed E-state index contributed by atoms with van der Waals surface area (Å²) in [5, 5.41) is 6.89. The minimum atomic E-state index is 0.947. The van der Waals surface area contributed by atoms with Crippen molar-refractivity contribution < 1.29 is 0 Å². The zero-order chi connectivity index (χ0) is 9.64. The van der Waals surface area contributed by atoms with Gasteiger partial charge >= 0.3 is 0 Å². The average molecular weight is 197 g/mol. The highest BCUT2D eigenvalue weighted by atomic mass is 15.2. The van der Waals surface area contributed by atoms with Gasteiger partial charge in [0.05, 0.1) is 0 Å². The Morgan fingerprint density at radius 3 is 2.57 bits per heavy atom. The molecule has 0 aromatic rings. The molecule has 0 aromatic carbocycles. The minimum absolute atomic E-state index is 0.947. The molecule has 2 aliphatic heterocycles. The van der Waals surface area contributed by atoms with Crippen LogP contribution in [0, 0.1) is 5.92 Å². The second-order valence-corrected chi connectivity index (χ2v) is 4.60. The first-order valence-electron chi connectivity index (χ1n) is 6.09. The van der Waals surface area contributed by atoms with Crippen LogP contribution in [-0.4, -0.2) is 50.7 Å². The van der Waals surface area contributed by atoms with Crippen molar-refractivity contribution >= 4 is 0 Å². The first-order valence-corrected chi connectivity index (χ1v) is 6.09. The first kappa shape index (κ1) is 10.4. The third-order valence-corrected chi connectivity index (χ3v) is 3.42. The van der Waals surface area contributed by atoms with E-state index in [-0.39, 0.29) is 0 Å². The molecule has 14 heavy (non-hydrogen) atoms. The molecule has 2 fully saturated rings. The summed E-state index contributed by atoms with van der Waals surface area (Å²) in [4.78, 5) is 2.63. The van der Waals surface area contributed by atoms with Crippen LogP contribution < -0.4 is 10.6 Å². The lowest BCUT2D eigenvalue weighted by atomic mass is 10.00. The van der Waals surface area contributed by atoms with Crippen LogP contribution in [0.5, 0.6) is 0 Å². The van der Waals surface area contributed by atoms with Crippen molar-refractivity contribution in [2.24, 2.45) is 5.92 Å². The summed E-state index contributed by atoms with van der Waals surface area (Å²) in [6.07, 6.45) is 4.18. The van der Waals surface area contributed by atoms with Crippen LogP contribution in [0.2, 0.25) is 0 Å². The molecule has 1 unspecified atom stereocenters. The molecule has 0 aromatic heterocycles. The number of hydrogen-bond acceptors (Lipinski definition) is 3. The maximum absolute atomic E-state index is 3.48. The lowest BCUT2D eigenvalue weighted by Gasteiger charge is -2.30. The van der Waals surface area contributed by atoms with Gasteiger partial charge in [-0.3, -0.25) is 0 Å². The average Bonchev–Trinajstić information content (AvgIpc) is 2.48. The van der Waals surface area contributed by atoms with E-state index in [9.17, 15) is 0 Å². The van der Waals surface area contributed by atoms with Crippen molar-refractivity contribution in [1.29, 1.82) is 0 Å². The summed E-state index contributed by atoms with van der Waals surface area (Å²) in [6, 6.07) is 0. The predicted molar refractivity (Wildman–Crippen MR) is 59.5 cm³/mol. The van der Waals surface area contributed by atoms with Crippen LogP contribution in [0.3, 0.4) is 0 Å². The Hall–Kier alpha value is -0.120. The van der Waals surface area contributed by atoms with E-state index >= 15 is 0 Å². The zero-order valence-electron chi connectivity index (χ0n) is 9.10. The SMILES string of the molecule is C1CNCCC(CN2CCNCC2)C1. The molecule has 2 heterocycles. The van der Waals surface area contributed by atoms with Gasteiger partial charge in [-0.1, -0.05) is 0 Å². The van der Waals surface area contributed by atoms with Gasteiger partial charge in [-0.25, -0.2) is 0 Å². The van der Waals surface area contributed by atoms with Crippen LogP contribution >= 0.6 is 0 Å². The van der Waals surface area contributed by atoms with E-state index in [0.29, 0.717) is 0 Å². The van der Waals surface area contributed by atoms with Crippen molar-refractivity contribution in [3.05, 3.63) is 0 Å². The van der Waals surface area contributed by atoms with Gasteiger partial charge in [0.25, 0.3) is 0 Å². The fourth-order valence-electron chi connectivity index (χ4n) is 2.53. The molecule has 0 saturated carbocycles. The Morgan fingerprint density at radius 2 is 1.71 bits per heavy atom. The maximum Gasteiger partial charge on any atom is 0.0107 e. The molecular weight excluding hydrogens is 174 g/mol. The van der Waals surface area contributed by atoms with E-state index < -0.39 is 0 Å². The van der Waals surface area contributed by atoms with E-state index in [1.54, 1.807) is 0 Å². The quantitative estimate of drug-likeness (QED) is 0.666. The normalized spacial score (nSPS) is 31.3. The maximum atomic E-state index is 3.48.